The molecule has 2 unspecified atom stereocenters. The molecular weight excluding hydrogens is 216 g/mol. The summed E-state index contributed by atoms with van der Waals surface area (Å²) in [6, 6.07) is 0. The van der Waals surface area contributed by atoms with Crippen molar-refractivity contribution in [3.05, 3.63) is 33.4 Å². The van der Waals surface area contributed by atoms with Crippen molar-refractivity contribution in [2.24, 2.45) is 11.3 Å². The molecule has 1 aliphatic rings. The zero-order chi connectivity index (χ0) is 13.5. The van der Waals surface area contributed by atoms with Crippen molar-refractivity contribution in [3.8, 4) is 0 Å². The summed E-state index contributed by atoms with van der Waals surface area (Å²) in [7, 11) is 0. The van der Waals surface area contributed by atoms with Gasteiger partial charge in [-0.1, -0.05) is 43.6 Å². The molecule has 0 amide bonds. The van der Waals surface area contributed by atoms with Gasteiger partial charge in [-0.15, -0.1) is 0 Å². The molecule has 0 radical (unpaired) electrons. The lowest BCUT2D eigenvalue weighted by Crippen LogP contribution is -2.33. The van der Waals surface area contributed by atoms with Gasteiger partial charge in [-0.2, -0.15) is 0 Å². The summed E-state index contributed by atoms with van der Waals surface area (Å²) < 4.78 is 0. The first-order valence-corrected chi connectivity index (χ1v) is 6.65. The molecule has 1 aliphatic carbocycles. The van der Waals surface area contributed by atoms with Gasteiger partial charge in [0.05, 0.1) is 0 Å². The minimum Gasteiger partial charge on any atom is -0.0776 e. The van der Waals surface area contributed by atoms with E-state index in [9.17, 15) is 0 Å². The molecule has 0 saturated heterocycles. The van der Waals surface area contributed by atoms with Gasteiger partial charge in [-0.05, 0) is 65.5 Å². The van der Waals surface area contributed by atoms with E-state index in [1.165, 1.54) is 22.3 Å². The molecule has 0 spiro atoms. The van der Waals surface area contributed by atoms with Crippen LogP contribution in [0.3, 0.4) is 0 Å². The molecule has 0 heteroatoms. The van der Waals surface area contributed by atoms with Crippen molar-refractivity contribution in [1.29, 1.82) is 0 Å². The molecule has 0 heterocycles. The highest BCUT2D eigenvalue weighted by molar-refractivity contribution is 5.48. The fourth-order valence-electron chi connectivity index (χ4n) is 3.17. The molecule has 0 nitrogen and oxygen atoms in total. The van der Waals surface area contributed by atoms with Crippen LogP contribution in [0.1, 0.15) is 69.7 Å². The lowest BCUT2D eigenvalue weighted by atomic mass is 9.60. The average molecular weight is 248 g/mol. The highest BCUT2D eigenvalue weighted by atomic mass is 14.4. The minimum absolute atomic E-state index is 0. The van der Waals surface area contributed by atoms with Crippen LogP contribution < -0.4 is 0 Å². The third kappa shape index (κ3) is 2.22. The molecule has 0 saturated carbocycles. The first-order valence-electron chi connectivity index (χ1n) is 6.65. The Hall–Kier alpha value is -0.780. The van der Waals surface area contributed by atoms with Crippen molar-refractivity contribution in [2.75, 3.05) is 0 Å². The van der Waals surface area contributed by atoms with Crippen molar-refractivity contribution in [1.82, 2.24) is 0 Å². The van der Waals surface area contributed by atoms with Crippen LogP contribution in [0.15, 0.2) is 33.4 Å². The van der Waals surface area contributed by atoms with Gasteiger partial charge in [-0.3, -0.25) is 0 Å². The molecule has 0 aromatic carbocycles. The molecule has 0 aliphatic heterocycles. The zero-order valence-corrected chi connectivity index (χ0v) is 13.1. The van der Waals surface area contributed by atoms with E-state index in [2.05, 4.69) is 62.3 Å². The number of hydrogen-bond donors (Lipinski definition) is 0. The van der Waals surface area contributed by atoms with Crippen molar-refractivity contribution < 1.29 is 0 Å². The van der Waals surface area contributed by atoms with Gasteiger partial charge < -0.3 is 0 Å². The van der Waals surface area contributed by atoms with Gasteiger partial charge in [-0.25, -0.2) is 0 Å². The molecule has 0 aromatic rings. The Labute approximate surface area is 115 Å². The maximum absolute atomic E-state index is 2.41. The second-order valence-electron chi connectivity index (χ2n) is 6.11. The first kappa shape index (κ1) is 17.2. The number of rotatable bonds is 1. The summed E-state index contributed by atoms with van der Waals surface area (Å²) >= 11 is 0. The summed E-state index contributed by atoms with van der Waals surface area (Å²) in [5.74, 6) is 0.598. The standard InChI is InChI=1S/C17H28.CH4/c1-10(2)14(6)17(9)15(7)12(4)11(3)13(5)16(17)8;/h15H,1-9H3;1H4. The van der Waals surface area contributed by atoms with Crippen molar-refractivity contribution in [2.45, 2.75) is 69.7 Å². The summed E-state index contributed by atoms with van der Waals surface area (Å²) in [5.41, 5.74) is 9.28. The second kappa shape index (κ2) is 5.47. The minimum atomic E-state index is 0. The summed E-state index contributed by atoms with van der Waals surface area (Å²) in [5, 5.41) is 0. The summed E-state index contributed by atoms with van der Waals surface area (Å²) in [4.78, 5) is 0. The van der Waals surface area contributed by atoms with Crippen LogP contribution in [0.5, 0.6) is 0 Å². The van der Waals surface area contributed by atoms with Gasteiger partial charge in [0, 0.05) is 5.41 Å². The predicted molar refractivity (Wildman–Crippen MR) is 84.8 cm³/mol. The monoisotopic (exact) mass is 248 g/mol. The van der Waals surface area contributed by atoms with Crippen LogP contribution in [0.2, 0.25) is 0 Å². The Morgan fingerprint density at radius 2 is 1.39 bits per heavy atom. The topological polar surface area (TPSA) is 0 Å². The molecule has 0 bridgehead atoms. The van der Waals surface area contributed by atoms with E-state index in [-0.39, 0.29) is 12.8 Å². The van der Waals surface area contributed by atoms with E-state index >= 15 is 0 Å². The van der Waals surface area contributed by atoms with Gasteiger partial charge in [0.15, 0.2) is 0 Å². The van der Waals surface area contributed by atoms with Crippen LogP contribution in [-0.2, 0) is 0 Å². The highest BCUT2D eigenvalue weighted by Crippen LogP contribution is 2.51. The fraction of sp³-hybridized carbons (Fsp3) is 0.667. The van der Waals surface area contributed by atoms with E-state index < -0.39 is 0 Å². The SMILES string of the molecule is C.CC(C)=C(C)C1(C)C(C)=C(C)C(C)=C(C)C1C. The van der Waals surface area contributed by atoms with Gasteiger partial charge in [0.2, 0.25) is 0 Å². The van der Waals surface area contributed by atoms with Gasteiger partial charge >= 0.3 is 0 Å². The summed E-state index contributed by atoms with van der Waals surface area (Å²) in [6.45, 7) is 20.7. The average Bonchev–Trinajstić information content (AvgIpc) is 2.30. The Bertz CT molecular complexity index is 425. The molecule has 1 rings (SSSR count). The third-order valence-corrected chi connectivity index (χ3v) is 5.54. The molecule has 2 atom stereocenters. The highest BCUT2D eigenvalue weighted by Gasteiger charge is 2.40. The lowest BCUT2D eigenvalue weighted by Gasteiger charge is -2.44. The van der Waals surface area contributed by atoms with Crippen LogP contribution in [0.4, 0.5) is 0 Å². The van der Waals surface area contributed by atoms with Gasteiger partial charge in [0.25, 0.3) is 0 Å². The fourth-order valence-corrected chi connectivity index (χ4v) is 3.17. The molecular formula is C18H32. The Morgan fingerprint density at radius 3 is 1.78 bits per heavy atom. The maximum Gasteiger partial charge on any atom is 0.0158 e. The first-order chi connectivity index (χ1) is 7.65. The molecule has 0 fully saturated rings. The van der Waals surface area contributed by atoms with E-state index in [0.717, 1.165) is 0 Å². The van der Waals surface area contributed by atoms with Crippen molar-refractivity contribution >= 4 is 0 Å². The molecule has 0 N–H and O–H groups in total. The number of allylic oxidation sites excluding steroid dienone is 6. The predicted octanol–water partition coefficient (Wildman–Crippen LogP) is 6.31. The van der Waals surface area contributed by atoms with E-state index in [1.54, 1.807) is 11.1 Å². The van der Waals surface area contributed by atoms with E-state index in [1.807, 2.05) is 0 Å². The lowest BCUT2D eigenvalue weighted by molar-refractivity contribution is 0.339. The molecule has 0 aromatic heterocycles. The Balaban J connectivity index is 0.00000289. The van der Waals surface area contributed by atoms with Crippen LogP contribution in [-0.4, -0.2) is 0 Å². The third-order valence-electron chi connectivity index (χ3n) is 5.54. The van der Waals surface area contributed by atoms with E-state index in [0.29, 0.717) is 5.92 Å². The quantitative estimate of drug-likeness (QED) is 0.477. The summed E-state index contributed by atoms with van der Waals surface area (Å²) in [6.07, 6.45) is 0. The normalized spacial score (nSPS) is 28.2. The van der Waals surface area contributed by atoms with Gasteiger partial charge in [0.1, 0.15) is 0 Å². The van der Waals surface area contributed by atoms with Crippen LogP contribution in [0, 0.1) is 11.3 Å². The maximum atomic E-state index is 2.41. The largest absolute Gasteiger partial charge is 0.0776 e. The Kier molecular flexibility index (Phi) is 5.23. The molecule has 18 heavy (non-hydrogen) atoms. The van der Waals surface area contributed by atoms with Crippen LogP contribution in [0.25, 0.3) is 0 Å². The van der Waals surface area contributed by atoms with Crippen LogP contribution >= 0.6 is 0 Å². The van der Waals surface area contributed by atoms with E-state index in [4.69, 9.17) is 0 Å². The second-order valence-corrected chi connectivity index (χ2v) is 6.11. The molecule has 104 valence electrons. The number of hydrogen-bond acceptors (Lipinski definition) is 0. The zero-order valence-electron chi connectivity index (χ0n) is 13.1. The smallest absolute Gasteiger partial charge is 0.0158 e. The Morgan fingerprint density at radius 1 is 0.944 bits per heavy atom. The van der Waals surface area contributed by atoms with Crippen molar-refractivity contribution in [3.63, 3.8) is 0 Å².